The third-order valence-electron chi connectivity index (χ3n) is 2.65. The molecule has 0 aliphatic carbocycles. The predicted molar refractivity (Wildman–Crippen MR) is 80.9 cm³/mol. The number of benzene rings is 2. The van der Waals surface area contributed by atoms with E-state index in [1.165, 1.54) is 6.07 Å². The van der Waals surface area contributed by atoms with E-state index >= 15 is 0 Å². The largest absolute Gasteiger partial charge is 0.454 e. The summed E-state index contributed by atoms with van der Waals surface area (Å²) in [6.45, 7) is 1.79. The number of rotatable bonds is 3. The minimum atomic E-state index is -1.04. The van der Waals surface area contributed by atoms with E-state index in [1.54, 1.807) is 19.1 Å². The molecule has 0 saturated heterocycles. The van der Waals surface area contributed by atoms with Crippen LogP contribution in [0.15, 0.2) is 39.3 Å². The van der Waals surface area contributed by atoms with Gasteiger partial charge in [-0.2, -0.15) is 4.39 Å². The summed E-state index contributed by atoms with van der Waals surface area (Å²) in [5, 5.41) is 0. The maximum atomic E-state index is 13.7. The van der Waals surface area contributed by atoms with Crippen LogP contribution in [-0.4, -0.2) is 0 Å². The molecule has 2 aromatic carbocycles. The van der Waals surface area contributed by atoms with Crippen molar-refractivity contribution in [3.63, 3.8) is 0 Å². The Morgan fingerprint density at radius 3 is 2.35 bits per heavy atom. The highest BCUT2D eigenvalue weighted by Gasteiger charge is 2.15. The Balaban J connectivity index is 2.47. The lowest BCUT2D eigenvalue weighted by Crippen LogP contribution is -2.07. The molecule has 6 heteroatoms. The van der Waals surface area contributed by atoms with Gasteiger partial charge in [0.25, 0.3) is 0 Å². The summed E-state index contributed by atoms with van der Waals surface area (Å²) >= 11 is 6.41. The van der Waals surface area contributed by atoms with Crippen LogP contribution in [0.1, 0.15) is 18.5 Å². The van der Waals surface area contributed by atoms with Gasteiger partial charge in [-0.3, -0.25) is 0 Å². The van der Waals surface area contributed by atoms with Crippen LogP contribution >= 0.6 is 31.9 Å². The molecule has 0 spiro atoms. The van der Waals surface area contributed by atoms with Gasteiger partial charge in [-0.1, -0.05) is 37.9 Å². The van der Waals surface area contributed by atoms with Crippen molar-refractivity contribution in [3.05, 3.63) is 56.5 Å². The highest BCUT2D eigenvalue weighted by molar-refractivity contribution is 9.10. The van der Waals surface area contributed by atoms with Gasteiger partial charge in [0.15, 0.2) is 11.6 Å². The molecule has 0 aliphatic heterocycles. The number of hydrogen-bond acceptors (Lipinski definition) is 2. The van der Waals surface area contributed by atoms with Crippen molar-refractivity contribution in [1.29, 1.82) is 0 Å². The second kappa shape index (κ2) is 6.20. The van der Waals surface area contributed by atoms with Crippen molar-refractivity contribution in [2.45, 2.75) is 13.0 Å². The van der Waals surface area contributed by atoms with Gasteiger partial charge in [0.1, 0.15) is 5.75 Å². The van der Waals surface area contributed by atoms with E-state index in [1.807, 2.05) is 6.07 Å². The fraction of sp³-hybridized carbons (Fsp3) is 0.143. The zero-order valence-corrected chi connectivity index (χ0v) is 13.6. The van der Waals surface area contributed by atoms with Gasteiger partial charge in [-0.25, -0.2) is 4.39 Å². The van der Waals surface area contributed by atoms with Crippen molar-refractivity contribution in [3.8, 4) is 11.5 Å². The van der Waals surface area contributed by atoms with Crippen LogP contribution in [0.2, 0.25) is 0 Å². The first-order chi connectivity index (χ1) is 9.38. The Morgan fingerprint density at radius 1 is 1.05 bits per heavy atom. The lowest BCUT2D eigenvalue weighted by molar-refractivity contribution is 0.410. The smallest absolute Gasteiger partial charge is 0.201 e. The Labute approximate surface area is 132 Å². The molecule has 0 aromatic heterocycles. The molecule has 1 atom stereocenters. The van der Waals surface area contributed by atoms with Gasteiger partial charge in [0.2, 0.25) is 5.82 Å². The van der Waals surface area contributed by atoms with Gasteiger partial charge >= 0.3 is 0 Å². The maximum absolute atomic E-state index is 13.7. The number of nitrogens with two attached hydrogens (primary N) is 1. The summed E-state index contributed by atoms with van der Waals surface area (Å²) in [6.07, 6.45) is 0. The molecular formula is C14H11Br2F2NO. The molecule has 2 aromatic rings. The Hall–Kier alpha value is -0.980. The zero-order chi connectivity index (χ0) is 14.9. The maximum Gasteiger partial charge on any atom is 0.201 e. The van der Waals surface area contributed by atoms with Gasteiger partial charge < -0.3 is 10.5 Å². The van der Waals surface area contributed by atoms with Crippen LogP contribution in [0.4, 0.5) is 8.78 Å². The first kappa shape index (κ1) is 15.4. The summed E-state index contributed by atoms with van der Waals surface area (Å²) in [7, 11) is 0. The second-order valence-electron chi connectivity index (χ2n) is 4.27. The van der Waals surface area contributed by atoms with Crippen LogP contribution < -0.4 is 10.5 Å². The Morgan fingerprint density at radius 2 is 1.70 bits per heavy atom. The van der Waals surface area contributed by atoms with Gasteiger partial charge in [0.05, 0.1) is 0 Å². The average molecular weight is 407 g/mol. The molecule has 20 heavy (non-hydrogen) atoms. The lowest BCUT2D eigenvalue weighted by atomic mass is 10.1. The minimum Gasteiger partial charge on any atom is -0.454 e. The SMILES string of the molecule is CC(N)c1ccc(Br)cc1Oc1cc(Br)cc(F)c1F. The van der Waals surface area contributed by atoms with Crippen molar-refractivity contribution >= 4 is 31.9 Å². The first-order valence-corrected chi connectivity index (χ1v) is 7.34. The monoisotopic (exact) mass is 405 g/mol. The Bertz CT molecular complexity index is 647. The average Bonchev–Trinajstić information content (AvgIpc) is 2.35. The minimum absolute atomic E-state index is 0.197. The first-order valence-electron chi connectivity index (χ1n) is 5.76. The summed E-state index contributed by atoms with van der Waals surface area (Å²) in [5.74, 6) is -1.84. The number of ether oxygens (including phenoxy) is 1. The summed E-state index contributed by atoms with van der Waals surface area (Å²) < 4.78 is 33.7. The molecule has 106 valence electrons. The van der Waals surface area contributed by atoms with E-state index in [0.29, 0.717) is 15.8 Å². The molecule has 1 unspecified atom stereocenters. The van der Waals surface area contributed by atoms with Crippen LogP contribution in [0, 0.1) is 11.6 Å². The van der Waals surface area contributed by atoms with Crippen LogP contribution in [0.5, 0.6) is 11.5 Å². The topological polar surface area (TPSA) is 35.2 Å². The number of hydrogen-bond donors (Lipinski definition) is 1. The number of halogens is 4. The van der Waals surface area contributed by atoms with E-state index in [2.05, 4.69) is 31.9 Å². The molecule has 0 amide bonds. The molecular weight excluding hydrogens is 396 g/mol. The molecule has 0 radical (unpaired) electrons. The van der Waals surface area contributed by atoms with E-state index in [9.17, 15) is 8.78 Å². The third-order valence-corrected chi connectivity index (χ3v) is 3.60. The standard InChI is InChI=1S/C14H11Br2F2NO/c1-7(19)10-3-2-8(15)5-12(10)20-13-6-9(16)4-11(17)14(13)18/h2-7H,19H2,1H3. The van der Waals surface area contributed by atoms with E-state index < -0.39 is 11.6 Å². The lowest BCUT2D eigenvalue weighted by Gasteiger charge is -2.15. The molecule has 2 nitrogen and oxygen atoms in total. The molecule has 0 fully saturated rings. The van der Waals surface area contributed by atoms with Crippen molar-refractivity contribution in [2.24, 2.45) is 5.73 Å². The van der Waals surface area contributed by atoms with Gasteiger partial charge in [0, 0.05) is 20.6 Å². The molecule has 0 saturated carbocycles. The van der Waals surface area contributed by atoms with Crippen molar-refractivity contribution < 1.29 is 13.5 Å². The molecule has 2 rings (SSSR count). The van der Waals surface area contributed by atoms with Gasteiger partial charge in [-0.05, 0) is 31.2 Å². The van der Waals surface area contributed by atoms with E-state index in [0.717, 1.165) is 10.5 Å². The predicted octanol–water partition coefficient (Wildman–Crippen LogP) is 5.30. The summed E-state index contributed by atoms with van der Waals surface area (Å²) in [6, 6.07) is 7.36. The van der Waals surface area contributed by atoms with Crippen LogP contribution in [-0.2, 0) is 0 Å². The molecule has 2 N–H and O–H groups in total. The fourth-order valence-corrected chi connectivity index (χ4v) is 2.45. The Kier molecular flexibility index (Phi) is 4.78. The second-order valence-corrected chi connectivity index (χ2v) is 6.10. The van der Waals surface area contributed by atoms with Crippen molar-refractivity contribution in [1.82, 2.24) is 0 Å². The van der Waals surface area contributed by atoms with Crippen molar-refractivity contribution in [2.75, 3.05) is 0 Å². The van der Waals surface area contributed by atoms with Gasteiger partial charge in [-0.15, -0.1) is 0 Å². The quantitative estimate of drug-likeness (QED) is 0.701. The third kappa shape index (κ3) is 3.37. The fourth-order valence-electron chi connectivity index (χ4n) is 1.70. The summed E-state index contributed by atoms with van der Waals surface area (Å²) in [4.78, 5) is 0. The molecule has 0 bridgehead atoms. The normalized spacial score (nSPS) is 12.3. The molecule has 0 aliphatic rings. The van der Waals surface area contributed by atoms with Crippen LogP contribution in [0.25, 0.3) is 0 Å². The molecule has 0 heterocycles. The highest BCUT2D eigenvalue weighted by Crippen LogP contribution is 2.34. The van der Waals surface area contributed by atoms with E-state index in [-0.39, 0.29) is 11.8 Å². The van der Waals surface area contributed by atoms with Crippen LogP contribution in [0.3, 0.4) is 0 Å². The highest BCUT2D eigenvalue weighted by atomic mass is 79.9. The summed E-state index contributed by atoms with van der Waals surface area (Å²) in [5.41, 5.74) is 6.55. The zero-order valence-electron chi connectivity index (χ0n) is 10.5. The van der Waals surface area contributed by atoms with E-state index in [4.69, 9.17) is 10.5 Å².